The van der Waals surface area contributed by atoms with Crippen LogP contribution in [0.5, 0.6) is 0 Å². The quantitative estimate of drug-likeness (QED) is 0.759. The SMILES string of the molecule is O=C(c1cccc(F)c1F)N1CCC2(CC1)CC(CN1CCCC1)OC2=O. The number of piperidine rings is 1. The Morgan fingerprint density at radius 1 is 1.15 bits per heavy atom. The summed E-state index contributed by atoms with van der Waals surface area (Å²) in [5.41, 5.74) is -0.798. The molecule has 0 saturated carbocycles. The van der Waals surface area contributed by atoms with Crippen molar-refractivity contribution in [1.82, 2.24) is 9.80 Å². The normalized spacial score (nSPS) is 25.2. The molecular weight excluding hydrogens is 354 g/mol. The first kappa shape index (κ1) is 18.3. The predicted octanol–water partition coefficient (Wildman–Crippen LogP) is 2.60. The van der Waals surface area contributed by atoms with Gasteiger partial charge in [0.25, 0.3) is 5.91 Å². The van der Waals surface area contributed by atoms with Crippen LogP contribution in [-0.2, 0) is 9.53 Å². The highest BCUT2D eigenvalue weighted by molar-refractivity contribution is 5.94. The number of benzene rings is 1. The standard InChI is InChI=1S/C20H24F2N2O3/c21-16-5-3-4-15(17(16)22)18(25)24-10-6-20(7-11-24)12-14(27-19(20)26)13-23-8-1-2-9-23/h3-5,14H,1-2,6-13H2. The van der Waals surface area contributed by atoms with Gasteiger partial charge >= 0.3 is 5.97 Å². The van der Waals surface area contributed by atoms with Crippen molar-refractivity contribution in [2.45, 2.75) is 38.2 Å². The van der Waals surface area contributed by atoms with Gasteiger partial charge in [0.05, 0.1) is 11.0 Å². The first-order chi connectivity index (χ1) is 13.0. The maximum atomic E-state index is 13.9. The number of amides is 1. The van der Waals surface area contributed by atoms with E-state index in [4.69, 9.17) is 4.74 Å². The van der Waals surface area contributed by atoms with E-state index in [9.17, 15) is 18.4 Å². The number of likely N-dealkylation sites (tertiary alicyclic amines) is 2. The van der Waals surface area contributed by atoms with Crippen molar-refractivity contribution in [2.24, 2.45) is 5.41 Å². The minimum Gasteiger partial charge on any atom is -0.461 e. The van der Waals surface area contributed by atoms with Gasteiger partial charge in [-0.15, -0.1) is 0 Å². The lowest BCUT2D eigenvalue weighted by molar-refractivity contribution is -0.150. The monoisotopic (exact) mass is 378 g/mol. The van der Waals surface area contributed by atoms with Crippen molar-refractivity contribution in [2.75, 3.05) is 32.7 Å². The van der Waals surface area contributed by atoms with E-state index < -0.39 is 23.0 Å². The van der Waals surface area contributed by atoms with Gasteiger partial charge < -0.3 is 9.64 Å². The van der Waals surface area contributed by atoms with Crippen molar-refractivity contribution < 1.29 is 23.1 Å². The molecule has 4 rings (SSSR count). The number of esters is 1. The van der Waals surface area contributed by atoms with Crippen molar-refractivity contribution in [3.05, 3.63) is 35.4 Å². The lowest BCUT2D eigenvalue weighted by atomic mass is 9.76. The molecule has 0 bridgehead atoms. The Bertz CT molecular complexity index is 741. The van der Waals surface area contributed by atoms with Crippen molar-refractivity contribution in [3.63, 3.8) is 0 Å². The van der Waals surface area contributed by atoms with Gasteiger partial charge in [0.1, 0.15) is 6.10 Å². The van der Waals surface area contributed by atoms with Crippen LogP contribution >= 0.6 is 0 Å². The first-order valence-electron chi connectivity index (χ1n) is 9.65. The molecule has 3 aliphatic rings. The third-order valence-electron chi connectivity index (χ3n) is 6.18. The number of cyclic esters (lactones) is 1. The van der Waals surface area contributed by atoms with E-state index >= 15 is 0 Å². The lowest BCUT2D eigenvalue weighted by Gasteiger charge is -2.36. The molecule has 1 unspecified atom stereocenters. The molecule has 146 valence electrons. The summed E-state index contributed by atoms with van der Waals surface area (Å²) in [4.78, 5) is 28.9. The molecular formula is C20H24F2N2O3. The Hall–Kier alpha value is -2.02. The van der Waals surface area contributed by atoms with E-state index in [0.29, 0.717) is 32.4 Å². The van der Waals surface area contributed by atoms with Crippen LogP contribution in [0.2, 0.25) is 0 Å². The number of carbonyl (C=O) groups is 2. The van der Waals surface area contributed by atoms with Crippen LogP contribution in [0.4, 0.5) is 8.78 Å². The van der Waals surface area contributed by atoms with E-state index in [-0.39, 0.29) is 17.6 Å². The van der Waals surface area contributed by atoms with Crippen LogP contribution in [0.25, 0.3) is 0 Å². The van der Waals surface area contributed by atoms with Crippen LogP contribution in [0.1, 0.15) is 42.5 Å². The zero-order chi connectivity index (χ0) is 19.0. The van der Waals surface area contributed by atoms with Gasteiger partial charge in [0.2, 0.25) is 0 Å². The lowest BCUT2D eigenvalue weighted by Crippen LogP contribution is -2.45. The fourth-order valence-corrected chi connectivity index (χ4v) is 4.58. The number of hydrogen-bond donors (Lipinski definition) is 0. The van der Waals surface area contributed by atoms with E-state index in [1.54, 1.807) is 0 Å². The molecule has 0 aromatic heterocycles. The van der Waals surface area contributed by atoms with Crippen LogP contribution in [0.15, 0.2) is 18.2 Å². The molecule has 3 saturated heterocycles. The minimum atomic E-state index is -1.12. The highest BCUT2D eigenvalue weighted by Gasteiger charge is 2.51. The number of ether oxygens (including phenoxy) is 1. The molecule has 3 aliphatic heterocycles. The molecule has 1 aromatic carbocycles. The average Bonchev–Trinajstić information content (AvgIpc) is 3.26. The number of rotatable bonds is 3. The summed E-state index contributed by atoms with van der Waals surface area (Å²) in [6.45, 7) is 3.59. The fourth-order valence-electron chi connectivity index (χ4n) is 4.58. The van der Waals surface area contributed by atoms with Gasteiger partial charge in [-0.3, -0.25) is 14.5 Å². The van der Waals surface area contributed by atoms with Crippen LogP contribution in [0, 0.1) is 17.0 Å². The maximum Gasteiger partial charge on any atom is 0.312 e. The zero-order valence-corrected chi connectivity index (χ0v) is 15.3. The topological polar surface area (TPSA) is 49.9 Å². The average molecular weight is 378 g/mol. The molecule has 1 aromatic rings. The van der Waals surface area contributed by atoms with Crippen molar-refractivity contribution in [1.29, 1.82) is 0 Å². The van der Waals surface area contributed by atoms with Gasteiger partial charge in [0, 0.05) is 26.1 Å². The summed E-state index contributed by atoms with van der Waals surface area (Å²) in [7, 11) is 0. The summed E-state index contributed by atoms with van der Waals surface area (Å²) in [5, 5.41) is 0. The molecule has 1 amide bonds. The first-order valence-corrected chi connectivity index (χ1v) is 9.65. The van der Waals surface area contributed by atoms with Gasteiger partial charge in [-0.1, -0.05) is 6.07 Å². The third kappa shape index (κ3) is 3.45. The van der Waals surface area contributed by atoms with Gasteiger partial charge in [0.15, 0.2) is 11.6 Å². The van der Waals surface area contributed by atoms with Crippen molar-refractivity contribution in [3.8, 4) is 0 Å². The van der Waals surface area contributed by atoms with Crippen LogP contribution in [-0.4, -0.2) is 60.5 Å². The van der Waals surface area contributed by atoms with Crippen molar-refractivity contribution >= 4 is 11.9 Å². The second-order valence-corrected chi connectivity index (χ2v) is 7.91. The molecule has 1 spiro atoms. The number of nitrogens with zero attached hydrogens (tertiary/aromatic N) is 2. The van der Waals surface area contributed by atoms with E-state index in [1.807, 2.05) is 0 Å². The predicted molar refractivity (Wildman–Crippen MR) is 94.1 cm³/mol. The van der Waals surface area contributed by atoms with Gasteiger partial charge in [-0.2, -0.15) is 0 Å². The Balaban J connectivity index is 1.38. The summed E-state index contributed by atoms with van der Waals surface area (Å²) in [5.74, 6) is -2.84. The Kier molecular flexibility index (Phi) is 4.88. The minimum absolute atomic E-state index is 0.0847. The number of halogens is 2. The Morgan fingerprint density at radius 3 is 2.56 bits per heavy atom. The maximum absolute atomic E-state index is 13.9. The highest BCUT2D eigenvalue weighted by Crippen LogP contribution is 2.43. The highest BCUT2D eigenvalue weighted by atomic mass is 19.2. The molecule has 0 aliphatic carbocycles. The van der Waals surface area contributed by atoms with E-state index in [2.05, 4.69) is 4.90 Å². The summed E-state index contributed by atoms with van der Waals surface area (Å²) in [6.07, 6.45) is 3.99. The van der Waals surface area contributed by atoms with E-state index in [1.165, 1.54) is 29.9 Å². The Morgan fingerprint density at radius 2 is 1.85 bits per heavy atom. The fraction of sp³-hybridized carbons (Fsp3) is 0.600. The summed E-state index contributed by atoms with van der Waals surface area (Å²) >= 11 is 0. The zero-order valence-electron chi connectivity index (χ0n) is 15.3. The molecule has 7 heteroatoms. The van der Waals surface area contributed by atoms with Gasteiger partial charge in [-0.25, -0.2) is 8.78 Å². The molecule has 5 nitrogen and oxygen atoms in total. The molecule has 3 fully saturated rings. The number of carbonyl (C=O) groups excluding carboxylic acids is 2. The third-order valence-corrected chi connectivity index (χ3v) is 6.18. The molecule has 27 heavy (non-hydrogen) atoms. The summed E-state index contributed by atoms with van der Waals surface area (Å²) in [6, 6.07) is 3.61. The smallest absolute Gasteiger partial charge is 0.312 e. The molecule has 1 atom stereocenters. The largest absolute Gasteiger partial charge is 0.461 e. The Labute approximate surface area is 157 Å². The van der Waals surface area contributed by atoms with Crippen LogP contribution in [0.3, 0.4) is 0 Å². The second-order valence-electron chi connectivity index (χ2n) is 7.91. The number of hydrogen-bond acceptors (Lipinski definition) is 4. The summed E-state index contributed by atoms with van der Waals surface area (Å²) < 4.78 is 32.9. The molecule has 0 N–H and O–H groups in total. The molecule has 0 radical (unpaired) electrons. The molecule has 3 heterocycles. The second kappa shape index (κ2) is 7.19. The van der Waals surface area contributed by atoms with E-state index in [0.717, 1.165) is 25.7 Å². The van der Waals surface area contributed by atoms with Crippen LogP contribution < -0.4 is 0 Å². The van der Waals surface area contributed by atoms with Gasteiger partial charge in [-0.05, 0) is 50.9 Å².